The van der Waals surface area contributed by atoms with Gasteiger partial charge in [-0.15, -0.1) is 0 Å². The second-order valence-electron chi connectivity index (χ2n) is 5.17. The van der Waals surface area contributed by atoms with Crippen LogP contribution in [0.2, 0.25) is 0 Å². The van der Waals surface area contributed by atoms with Crippen molar-refractivity contribution in [2.24, 2.45) is 21.9 Å². The van der Waals surface area contributed by atoms with Gasteiger partial charge in [0.05, 0.1) is 5.71 Å². The van der Waals surface area contributed by atoms with Crippen molar-refractivity contribution in [3.8, 4) is 0 Å². The third-order valence-corrected chi connectivity index (χ3v) is 4.04. The molecule has 2 unspecified atom stereocenters. The van der Waals surface area contributed by atoms with Crippen LogP contribution in [0.1, 0.15) is 40.0 Å². The molecule has 68 valence electrons. The first-order valence-electron chi connectivity index (χ1n) is 4.74. The van der Waals surface area contributed by atoms with Crippen molar-refractivity contribution < 1.29 is 5.21 Å². The molecule has 0 saturated heterocycles. The SMILES string of the molecule is CC12CCC(C1)C(C)(C)C2=NO. The van der Waals surface area contributed by atoms with E-state index in [0.717, 1.165) is 11.6 Å². The van der Waals surface area contributed by atoms with Gasteiger partial charge in [-0.25, -0.2) is 0 Å². The van der Waals surface area contributed by atoms with E-state index in [1.165, 1.54) is 19.3 Å². The smallest absolute Gasteiger partial charge is 0.0688 e. The van der Waals surface area contributed by atoms with Crippen LogP contribution in [0.25, 0.3) is 0 Å². The van der Waals surface area contributed by atoms with E-state index >= 15 is 0 Å². The maximum Gasteiger partial charge on any atom is 0.0688 e. The Bertz CT molecular complexity index is 237. The van der Waals surface area contributed by atoms with Crippen LogP contribution in [0, 0.1) is 16.7 Å². The fraction of sp³-hybridized carbons (Fsp3) is 0.900. The topological polar surface area (TPSA) is 32.6 Å². The highest BCUT2D eigenvalue weighted by Gasteiger charge is 2.57. The first kappa shape index (κ1) is 8.09. The molecule has 2 fully saturated rings. The summed E-state index contributed by atoms with van der Waals surface area (Å²) in [5.41, 5.74) is 1.39. The minimum absolute atomic E-state index is 0.141. The lowest BCUT2D eigenvalue weighted by Gasteiger charge is -2.33. The Morgan fingerprint density at radius 3 is 2.42 bits per heavy atom. The van der Waals surface area contributed by atoms with E-state index in [4.69, 9.17) is 5.21 Å². The molecule has 2 heteroatoms. The Labute approximate surface area is 73.7 Å². The van der Waals surface area contributed by atoms with Crippen LogP contribution in [-0.2, 0) is 0 Å². The number of fused-ring (bicyclic) bond motifs is 2. The molecule has 0 amide bonds. The predicted molar refractivity (Wildman–Crippen MR) is 48.5 cm³/mol. The Balaban J connectivity index is 2.45. The summed E-state index contributed by atoms with van der Waals surface area (Å²) in [6.45, 7) is 6.64. The first-order chi connectivity index (χ1) is 5.50. The summed E-state index contributed by atoms with van der Waals surface area (Å²) in [7, 11) is 0. The van der Waals surface area contributed by atoms with Crippen molar-refractivity contribution in [1.29, 1.82) is 0 Å². The van der Waals surface area contributed by atoms with E-state index in [1.54, 1.807) is 0 Å². The summed E-state index contributed by atoms with van der Waals surface area (Å²) >= 11 is 0. The summed E-state index contributed by atoms with van der Waals surface area (Å²) in [4.78, 5) is 0. The van der Waals surface area contributed by atoms with Crippen molar-refractivity contribution in [1.82, 2.24) is 0 Å². The molecule has 2 saturated carbocycles. The molecule has 2 aliphatic carbocycles. The van der Waals surface area contributed by atoms with Gasteiger partial charge in [0.1, 0.15) is 0 Å². The molecule has 2 nitrogen and oxygen atoms in total. The highest BCUT2D eigenvalue weighted by atomic mass is 16.4. The average Bonchev–Trinajstić information content (AvgIpc) is 2.39. The van der Waals surface area contributed by atoms with Crippen molar-refractivity contribution >= 4 is 5.71 Å². The number of hydrogen-bond acceptors (Lipinski definition) is 2. The molecule has 2 aliphatic rings. The van der Waals surface area contributed by atoms with Gasteiger partial charge in [0.2, 0.25) is 0 Å². The fourth-order valence-electron chi connectivity index (χ4n) is 3.29. The van der Waals surface area contributed by atoms with Crippen LogP contribution in [0.3, 0.4) is 0 Å². The lowest BCUT2D eigenvalue weighted by atomic mass is 9.71. The minimum Gasteiger partial charge on any atom is -0.411 e. The van der Waals surface area contributed by atoms with Crippen molar-refractivity contribution in [3.05, 3.63) is 0 Å². The van der Waals surface area contributed by atoms with Gasteiger partial charge < -0.3 is 5.21 Å². The molecular weight excluding hydrogens is 150 g/mol. The van der Waals surface area contributed by atoms with Gasteiger partial charge >= 0.3 is 0 Å². The van der Waals surface area contributed by atoms with Crippen LogP contribution in [-0.4, -0.2) is 10.9 Å². The van der Waals surface area contributed by atoms with Gasteiger partial charge in [-0.1, -0.05) is 25.9 Å². The lowest BCUT2D eigenvalue weighted by molar-refractivity contribution is 0.279. The Morgan fingerprint density at radius 2 is 2.08 bits per heavy atom. The van der Waals surface area contributed by atoms with E-state index in [9.17, 15) is 0 Å². The van der Waals surface area contributed by atoms with Gasteiger partial charge in [0.25, 0.3) is 0 Å². The summed E-state index contributed by atoms with van der Waals surface area (Å²) < 4.78 is 0. The standard InChI is InChI=1S/C10H17NO/c1-9(2)7-4-5-10(3,6-7)8(9)11-12/h7,12H,4-6H2,1-3H3. The van der Waals surface area contributed by atoms with Crippen LogP contribution in [0.15, 0.2) is 5.16 Å². The van der Waals surface area contributed by atoms with Crippen LogP contribution < -0.4 is 0 Å². The zero-order valence-electron chi connectivity index (χ0n) is 8.09. The Morgan fingerprint density at radius 1 is 1.42 bits per heavy atom. The number of nitrogens with zero attached hydrogens (tertiary/aromatic N) is 1. The Kier molecular flexibility index (Phi) is 1.37. The van der Waals surface area contributed by atoms with Crippen LogP contribution in [0.5, 0.6) is 0 Å². The zero-order chi connectivity index (χ0) is 8.98. The van der Waals surface area contributed by atoms with Gasteiger partial charge in [0, 0.05) is 10.8 Å². The molecule has 0 heterocycles. The largest absolute Gasteiger partial charge is 0.411 e. The molecule has 0 aromatic heterocycles. The first-order valence-corrected chi connectivity index (χ1v) is 4.74. The average molecular weight is 167 g/mol. The second kappa shape index (κ2) is 2.04. The van der Waals surface area contributed by atoms with E-state index in [-0.39, 0.29) is 10.8 Å². The van der Waals surface area contributed by atoms with Gasteiger partial charge in [-0.05, 0) is 25.2 Å². The molecule has 0 aromatic carbocycles. The Hall–Kier alpha value is -0.530. The van der Waals surface area contributed by atoms with Gasteiger partial charge in [-0.2, -0.15) is 0 Å². The summed E-state index contributed by atoms with van der Waals surface area (Å²) in [6.07, 6.45) is 3.74. The molecule has 0 aliphatic heterocycles. The third kappa shape index (κ3) is 0.732. The van der Waals surface area contributed by atoms with E-state index < -0.39 is 0 Å². The normalized spacial score (nSPS) is 47.2. The molecule has 0 aromatic rings. The van der Waals surface area contributed by atoms with Crippen LogP contribution in [0.4, 0.5) is 0 Å². The molecule has 2 atom stereocenters. The third-order valence-electron chi connectivity index (χ3n) is 4.04. The fourth-order valence-corrected chi connectivity index (χ4v) is 3.29. The van der Waals surface area contributed by atoms with Crippen molar-refractivity contribution in [2.45, 2.75) is 40.0 Å². The minimum atomic E-state index is 0.141. The van der Waals surface area contributed by atoms with E-state index in [1.807, 2.05) is 0 Å². The molecular formula is C10H17NO. The van der Waals surface area contributed by atoms with E-state index in [0.29, 0.717) is 0 Å². The quantitative estimate of drug-likeness (QED) is 0.436. The van der Waals surface area contributed by atoms with Crippen molar-refractivity contribution in [2.75, 3.05) is 0 Å². The number of hydrogen-bond donors (Lipinski definition) is 1. The van der Waals surface area contributed by atoms with Crippen molar-refractivity contribution in [3.63, 3.8) is 0 Å². The van der Waals surface area contributed by atoms with Gasteiger partial charge in [0.15, 0.2) is 0 Å². The molecule has 2 rings (SSSR count). The maximum atomic E-state index is 8.98. The van der Waals surface area contributed by atoms with E-state index in [2.05, 4.69) is 25.9 Å². The number of oxime groups is 1. The predicted octanol–water partition coefficient (Wildman–Crippen LogP) is 2.66. The molecule has 12 heavy (non-hydrogen) atoms. The monoisotopic (exact) mass is 167 g/mol. The molecule has 0 spiro atoms. The summed E-state index contributed by atoms with van der Waals surface area (Å²) in [6, 6.07) is 0. The zero-order valence-corrected chi connectivity index (χ0v) is 8.09. The summed E-state index contributed by atoms with van der Waals surface area (Å²) in [5.74, 6) is 0.744. The summed E-state index contributed by atoms with van der Waals surface area (Å²) in [5, 5.41) is 12.5. The molecule has 0 radical (unpaired) electrons. The second-order valence-corrected chi connectivity index (χ2v) is 5.17. The highest BCUT2D eigenvalue weighted by Crippen LogP contribution is 2.60. The maximum absolute atomic E-state index is 8.98. The highest BCUT2D eigenvalue weighted by molar-refractivity contribution is 5.97. The molecule has 2 bridgehead atoms. The lowest BCUT2D eigenvalue weighted by Crippen LogP contribution is -2.35. The molecule has 1 N–H and O–H groups in total. The van der Waals surface area contributed by atoms with Gasteiger partial charge in [-0.3, -0.25) is 0 Å². The number of rotatable bonds is 0. The van der Waals surface area contributed by atoms with Crippen LogP contribution >= 0.6 is 0 Å².